The van der Waals surface area contributed by atoms with Crippen molar-refractivity contribution in [3.63, 3.8) is 0 Å². The van der Waals surface area contributed by atoms with Gasteiger partial charge in [0.05, 0.1) is 11.9 Å². The highest BCUT2D eigenvalue weighted by molar-refractivity contribution is 7.11. The Hall–Kier alpha value is -2.41. The van der Waals surface area contributed by atoms with E-state index in [1.807, 2.05) is 22.9 Å². The van der Waals surface area contributed by atoms with E-state index in [1.165, 1.54) is 11.5 Å². The Morgan fingerprint density at radius 2 is 2.25 bits per heavy atom. The van der Waals surface area contributed by atoms with E-state index in [0.717, 1.165) is 29.2 Å². The molecule has 0 bridgehead atoms. The van der Waals surface area contributed by atoms with Crippen LogP contribution in [-0.4, -0.2) is 25.5 Å². The zero-order chi connectivity index (χ0) is 13.8. The zero-order valence-electron chi connectivity index (χ0n) is 10.7. The summed E-state index contributed by atoms with van der Waals surface area (Å²) in [7, 11) is 0. The average Bonchev–Trinajstić information content (AvgIpc) is 3.10. The van der Waals surface area contributed by atoms with Crippen molar-refractivity contribution in [1.29, 1.82) is 0 Å². The molecular weight excluding hydrogens is 272 g/mol. The molecule has 0 spiro atoms. The number of nitrogens with two attached hydrogens (primary N) is 1. The predicted molar refractivity (Wildman–Crippen MR) is 80.5 cm³/mol. The molecule has 0 fully saturated rings. The van der Waals surface area contributed by atoms with Crippen LogP contribution in [0.4, 0.5) is 10.8 Å². The second kappa shape index (κ2) is 5.70. The Labute approximate surface area is 120 Å². The van der Waals surface area contributed by atoms with Gasteiger partial charge in [0.15, 0.2) is 0 Å². The van der Waals surface area contributed by atoms with Crippen molar-refractivity contribution in [3.05, 3.63) is 43.2 Å². The number of aromatic nitrogens is 4. The Kier molecular flexibility index (Phi) is 3.60. The van der Waals surface area contributed by atoms with Crippen LogP contribution in [0.3, 0.4) is 0 Å². The first-order valence-electron chi connectivity index (χ1n) is 6.20. The van der Waals surface area contributed by atoms with Crippen LogP contribution in [0.2, 0.25) is 0 Å². The largest absolute Gasteiger partial charge is 0.382 e. The maximum Gasteiger partial charge on any atom is 0.147 e. The molecule has 0 aromatic carbocycles. The van der Waals surface area contributed by atoms with Crippen molar-refractivity contribution >= 4 is 22.4 Å². The summed E-state index contributed by atoms with van der Waals surface area (Å²) in [6, 6.07) is 3.87. The molecule has 7 heteroatoms. The van der Waals surface area contributed by atoms with E-state index in [9.17, 15) is 0 Å². The van der Waals surface area contributed by atoms with Gasteiger partial charge in [0.25, 0.3) is 0 Å². The summed E-state index contributed by atoms with van der Waals surface area (Å²) in [5, 5.41) is 4.34. The number of pyridine rings is 1. The second-order valence-corrected chi connectivity index (χ2v) is 5.01. The third kappa shape index (κ3) is 2.62. The normalized spacial score (nSPS) is 10.6. The molecule has 6 nitrogen and oxygen atoms in total. The minimum Gasteiger partial charge on any atom is -0.382 e. The first kappa shape index (κ1) is 12.6. The molecule has 3 N–H and O–H groups in total. The number of nitrogens with zero attached hydrogens (tertiary/aromatic N) is 4. The van der Waals surface area contributed by atoms with Crippen molar-refractivity contribution < 1.29 is 0 Å². The average molecular weight is 286 g/mol. The quantitative estimate of drug-likeness (QED) is 0.750. The van der Waals surface area contributed by atoms with Gasteiger partial charge in [-0.05, 0) is 17.6 Å². The minimum absolute atomic E-state index is 0.535. The highest BCUT2D eigenvalue weighted by atomic mass is 32.1. The van der Waals surface area contributed by atoms with Crippen molar-refractivity contribution in [2.24, 2.45) is 0 Å². The molecule has 0 saturated carbocycles. The fourth-order valence-electron chi connectivity index (χ4n) is 1.93. The maximum absolute atomic E-state index is 5.96. The van der Waals surface area contributed by atoms with Gasteiger partial charge in [-0.1, -0.05) is 6.07 Å². The second-order valence-electron chi connectivity index (χ2n) is 4.24. The zero-order valence-corrected chi connectivity index (χ0v) is 11.5. The van der Waals surface area contributed by atoms with Crippen molar-refractivity contribution in [1.82, 2.24) is 18.9 Å². The van der Waals surface area contributed by atoms with Crippen LogP contribution in [0.5, 0.6) is 0 Å². The highest BCUT2D eigenvalue weighted by Gasteiger charge is 2.13. The van der Waals surface area contributed by atoms with E-state index in [1.54, 1.807) is 24.9 Å². The molecular formula is C13H14N6S. The van der Waals surface area contributed by atoms with Gasteiger partial charge in [0.1, 0.15) is 10.8 Å². The number of nitrogen functional groups attached to an aromatic ring is 1. The highest BCUT2D eigenvalue weighted by Crippen LogP contribution is 2.36. The lowest BCUT2D eigenvalue weighted by atomic mass is 10.1. The summed E-state index contributed by atoms with van der Waals surface area (Å²) >= 11 is 1.37. The molecule has 0 aliphatic carbocycles. The number of imidazole rings is 1. The van der Waals surface area contributed by atoms with Crippen LogP contribution in [0.15, 0.2) is 43.2 Å². The molecule has 102 valence electrons. The lowest BCUT2D eigenvalue weighted by Gasteiger charge is -2.07. The third-order valence-corrected chi connectivity index (χ3v) is 3.70. The van der Waals surface area contributed by atoms with Crippen LogP contribution in [-0.2, 0) is 6.54 Å². The third-order valence-electron chi connectivity index (χ3n) is 2.88. The summed E-state index contributed by atoms with van der Waals surface area (Å²) in [6.45, 7) is 1.62. The van der Waals surface area contributed by atoms with Gasteiger partial charge in [-0.25, -0.2) is 4.98 Å². The summed E-state index contributed by atoms with van der Waals surface area (Å²) in [6.07, 6.45) is 9.04. The molecule has 3 aromatic heterocycles. The van der Waals surface area contributed by atoms with E-state index >= 15 is 0 Å². The SMILES string of the molecule is Nc1nsc(NCCn2ccnc2)c1-c1cccnc1. The fourth-order valence-corrected chi connectivity index (χ4v) is 2.69. The van der Waals surface area contributed by atoms with Gasteiger partial charge in [-0.2, -0.15) is 4.37 Å². The topological polar surface area (TPSA) is 81.6 Å². The van der Waals surface area contributed by atoms with Crippen LogP contribution < -0.4 is 11.1 Å². The van der Waals surface area contributed by atoms with E-state index in [-0.39, 0.29) is 0 Å². The number of rotatable bonds is 5. The molecule has 3 aromatic rings. The van der Waals surface area contributed by atoms with Crippen LogP contribution in [0, 0.1) is 0 Å². The van der Waals surface area contributed by atoms with Gasteiger partial charge >= 0.3 is 0 Å². The van der Waals surface area contributed by atoms with Crippen molar-refractivity contribution in [2.75, 3.05) is 17.6 Å². The molecule has 3 heterocycles. The fraction of sp³-hybridized carbons (Fsp3) is 0.154. The maximum atomic E-state index is 5.96. The Morgan fingerprint density at radius 3 is 3.00 bits per heavy atom. The molecule has 0 atom stereocenters. The molecule has 0 saturated heterocycles. The lowest BCUT2D eigenvalue weighted by molar-refractivity contribution is 0.728. The standard InChI is InChI=1S/C13H14N6S/c14-12-11(10-2-1-3-15-8-10)13(20-18-12)17-5-7-19-6-4-16-9-19/h1-4,6,8-9,17H,5,7H2,(H2,14,18). The van der Waals surface area contributed by atoms with Gasteiger partial charge in [-0.3, -0.25) is 4.98 Å². The van der Waals surface area contributed by atoms with Gasteiger partial charge in [0, 0.05) is 43.4 Å². The first-order valence-corrected chi connectivity index (χ1v) is 6.97. The first-order chi connectivity index (χ1) is 9.84. The van der Waals surface area contributed by atoms with Gasteiger partial charge < -0.3 is 15.6 Å². The lowest BCUT2D eigenvalue weighted by Crippen LogP contribution is -2.08. The molecule has 0 amide bonds. The van der Waals surface area contributed by atoms with E-state index < -0.39 is 0 Å². The molecule has 0 aliphatic rings. The smallest absolute Gasteiger partial charge is 0.147 e. The number of hydrogen-bond acceptors (Lipinski definition) is 6. The Bertz CT molecular complexity index is 661. The van der Waals surface area contributed by atoms with Crippen molar-refractivity contribution in [2.45, 2.75) is 6.54 Å². The van der Waals surface area contributed by atoms with Gasteiger partial charge in [-0.15, -0.1) is 0 Å². The van der Waals surface area contributed by atoms with E-state index in [0.29, 0.717) is 5.82 Å². The van der Waals surface area contributed by atoms with E-state index in [2.05, 4.69) is 19.7 Å². The summed E-state index contributed by atoms with van der Waals surface area (Å²) in [5.74, 6) is 0.535. The van der Waals surface area contributed by atoms with Crippen LogP contribution >= 0.6 is 11.5 Å². The van der Waals surface area contributed by atoms with E-state index in [4.69, 9.17) is 5.73 Å². The molecule has 0 aliphatic heterocycles. The summed E-state index contributed by atoms with van der Waals surface area (Å²) < 4.78 is 6.23. The van der Waals surface area contributed by atoms with Crippen molar-refractivity contribution in [3.8, 4) is 11.1 Å². The Balaban J connectivity index is 1.74. The monoisotopic (exact) mass is 286 g/mol. The molecule has 20 heavy (non-hydrogen) atoms. The minimum atomic E-state index is 0.535. The summed E-state index contributed by atoms with van der Waals surface area (Å²) in [4.78, 5) is 8.14. The number of hydrogen-bond donors (Lipinski definition) is 2. The van der Waals surface area contributed by atoms with Gasteiger partial charge in [0.2, 0.25) is 0 Å². The molecule has 0 unspecified atom stereocenters. The van der Waals surface area contributed by atoms with Crippen LogP contribution in [0.25, 0.3) is 11.1 Å². The molecule has 3 rings (SSSR count). The van der Waals surface area contributed by atoms with Crippen LogP contribution in [0.1, 0.15) is 0 Å². The molecule has 0 radical (unpaired) electrons. The summed E-state index contributed by atoms with van der Waals surface area (Å²) in [5.41, 5.74) is 7.86. The Morgan fingerprint density at radius 1 is 1.30 bits per heavy atom. The number of nitrogens with one attached hydrogen (secondary N) is 1. The predicted octanol–water partition coefficient (Wildman–Crippen LogP) is 2.10. The number of anilines is 2.